The fourth-order valence-corrected chi connectivity index (χ4v) is 1.83. The summed E-state index contributed by atoms with van der Waals surface area (Å²) >= 11 is 0. The Morgan fingerprint density at radius 3 is 2.42 bits per heavy atom. The molecule has 2 rings (SSSR count). The van der Waals surface area contributed by atoms with Crippen molar-refractivity contribution in [2.24, 2.45) is 0 Å². The predicted molar refractivity (Wildman–Crippen MR) is 67.0 cm³/mol. The number of ether oxygens (including phenoxy) is 1. The molecule has 2 aromatic rings. The molecule has 1 nitrogen and oxygen atoms in total. The van der Waals surface area contributed by atoms with Crippen LogP contribution in [0.3, 0.4) is 0 Å². The highest BCUT2D eigenvalue weighted by Crippen LogP contribution is 2.37. The molecule has 0 saturated carbocycles. The second kappa shape index (κ2) is 4.96. The van der Waals surface area contributed by atoms with E-state index in [-0.39, 0.29) is 0 Å². The molecule has 0 amide bonds. The van der Waals surface area contributed by atoms with Crippen molar-refractivity contribution in [1.82, 2.24) is 0 Å². The number of hydrogen-bond donors (Lipinski definition) is 0. The molecular formula is C15H12F3O. The Labute approximate surface area is 109 Å². The van der Waals surface area contributed by atoms with Crippen LogP contribution < -0.4 is 4.74 Å². The molecule has 0 spiro atoms. The van der Waals surface area contributed by atoms with E-state index in [1.165, 1.54) is 13.2 Å². The molecule has 4 heteroatoms. The van der Waals surface area contributed by atoms with Gasteiger partial charge < -0.3 is 4.74 Å². The maximum Gasteiger partial charge on any atom is 0.416 e. The van der Waals surface area contributed by atoms with Crippen molar-refractivity contribution in [3.05, 3.63) is 53.6 Å². The van der Waals surface area contributed by atoms with Crippen molar-refractivity contribution in [2.45, 2.75) is 13.1 Å². The lowest BCUT2D eigenvalue weighted by atomic mass is 10.00. The second-order valence-corrected chi connectivity index (χ2v) is 4.19. The maximum atomic E-state index is 12.7. The van der Waals surface area contributed by atoms with E-state index >= 15 is 0 Å². The fourth-order valence-electron chi connectivity index (χ4n) is 1.83. The minimum Gasteiger partial charge on any atom is -0.496 e. The van der Waals surface area contributed by atoms with Gasteiger partial charge in [0.25, 0.3) is 0 Å². The Bertz CT molecular complexity index is 588. The molecule has 0 aliphatic rings. The quantitative estimate of drug-likeness (QED) is 0.777. The maximum absolute atomic E-state index is 12.7. The van der Waals surface area contributed by atoms with Crippen molar-refractivity contribution < 1.29 is 17.9 Å². The highest BCUT2D eigenvalue weighted by molar-refractivity contribution is 5.71. The molecule has 0 atom stereocenters. The SMILES string of the molecule is COc1ccc(C(F)(F)F)cc1-c1[c]ccc(C)c1. The zero-order chi connectivity index (χ0) is 14.0. The van der Waals surface area contributed by atoms with Gasteiger partial charge in [0.05, 0.1) is 12.7 Å². The van der Waals surface area contributed by atoms with E-state index in [9.17, 15) is 13.2 Å². The molecule has 19 heavy (non-hydrogen) atoms. The van der Waals surface area contributed by atoms with Crippen LogP contribution in [0, 0.1) is 13.0 Å². The lowest BCUT2D eigenvalue weighted by molar-refractivity contribution is -0.137. The van der Waals surface area contributed by atoms with Gasteiger partial charge in [0.15, 0.2) is 0 Å². The number of rotatable bonds is 2. The fraction of sp³-hybridized carbons (Fsp3) is 0.200. The number of aryl methyl sites for hydroxylation is 1. The highest BCUT2D eigenvalue weighted by atomic mass is 19.4. The lowest BCUT2D eigenvalue weighted by Gasteiger charge is -2.13. The average molecular weight is 265 g/mol. The third-order valence-corrected chi connectivity index (χ3v) is 2.77. The second-order valence-electron chi connectivity index (χ2n) is 4.19. The zero-order valence-corrected chi connectivity index (χ0v) is 10.5. The Balaban J connectivity index is 2.60. The first-order valence-electron chi connectivity index (χ1n) is 5.66. The number of hydrogen-bond acceptors (Lipinski definition) is 1. The van der Waals surface area contributed by atoms with Gasteiger partial charge in [-0.2, -0.15) is 13.2 Å². The van der Waals surface area contributed by atoms with Crippen molar-refractivity contribution in [3.8, 4) is 16.9 Å². The summed E-state index contributed by atoms with van der Waals surface area (Å²) in [5.74, 6) is 0.398. The van der Waals surface area contributed by atoms with Crippen LogP contribution in [0.5, 0.6) is 5.75 Å². The summed E-state index contributed by atoms with van der Waals surface area (Å²) in [4.78, 5) is 0. The summed E-state index contributed by atoms with van der Waals surface area (Å²) in [6.45, 7) is 1.87. The summed E-state index contributed by atoms with van der Waals surface area (Å²) in [5.41, 5.74) is 1.23. The molecule has 0 heterocycles. The van der Waals surface area contributed by atoms with Crippen molar-refractivity contribution in [3.63, 3.8) is 0 Å². The molecule has 2 aromatic carbocycles. The molecule has 0 aliphatic carbocycles. The molecular weight excluding hydrogens is 253 g/mol. The van der Waals surface area contributed by atoms with Crippen molar-refractivity contribution in [1.29, 1.82) is 0 Å². The van der Waals surface area contributed by atoms with E-state index in [4.69, 9.17) is 4.74 Å². The predicted octanol–water partition coefficient (Wildman–Crippen LogP) is 4.49. The highest BCUT2D eigenvalue weighted by Gasteiger charge is 2.31. The molecule has 0 saturated heterocycles. The summed E-state index contributed by atoms with van der Waals surface area (Å²) in [7, 11) is 1.43. The largest absolute Gasteiger partial charge is 0.496 e. The van der Waals surface area contributed by atoms with Gasteiger partial charge in [-0.1, -0.05) is 23.8 Å². The van der Waals surface area contributed by atoms with Crippen LogP contribution in [0.25, 0.3) is 11.1 Å². The topological polar surface area (TPSA) is 9.23 Å². The minimum absolute atomic E-state index is 0.390. The number of alkyl halides is 3. The van der Waals surface area contributed by atoms with Gasteiger partial charge in [-0.3, -0.25) is 0 Å². The molecule has 1 radical (unpaired) electrons. The smallest absolute Gasteiger partial charge is 0.416 e. The molecule has 0 fully saturated rings. The normalized spacial score (nSPS) is 11.4. The summed E-state index contributed by atoms with van der Waals surface area (Å²) in [6, 6.07) is 11.7. The Morgan fingerprint density at radius 2 is 1.84 bits per heavy atom. The van der Waals surface area contributed by atoms with Gasteiger partial charge >= 0.3 is 6.18 Å². The van der Waals surface area contributed by atoms with E-state index in [1.807, 2.05) is 13.0 Å². The first kappa shape index (κ1) is 13.5. The third kappa shape index (κ3) is 2.89. The van der Waals surface area contributed by atoms with Crippen LogP contribution in [0.2, 0.25) is 0 Å². The van der Waals surface area contributed by atoms with E-state index in [1.54, 1.807) is 12.1 Å². The average Bonchev–Trinajstić information content (AvgIpc) is 2.37. The molecule has 0 aromatic heterocycles. The van der Waals surface area contributed by atoms with Crippen LogP contribution >= 0.6 is 0 Å². The zero-order valence-electron chi connectivity index (χ0n) is 10.5. The van der Waals surface area contributed by atoms with E-state index < -0.39 is 11.7 Å². The van der Waals surface area contributed by atoms with E-state index in [0.29, 0.717) is 16.9 Å². The van der Waals surface area contributed by atoms with Crippen LogP contribution in [-0.2, 0) is 6.18 Å². The molecule has 99 valence electrons. The van der Waals surface area contributed by atoms with Crippen LogP contribution in [0.4, 0.5) is 13.2 Å². The van der Waals surface area contributed by atoms with Crippen LogP contribution in [-0.4, -0.2) is 7.11 Å². The first-order valence-corrected chi connectivity index (χ1v) is 5.66. The summed E-state index contributed by atoms with van der Waals surface area (Å²) < 4.78 is 43.4. The van der Waals surface area contributed by atoms with E-state index in [0.717, 1.165) is 17.7 Å². The molecule has 0 bridgehead atoms. The van der Waals surface area contributed by atoms with Crippen molar-refractivity contribution >= 4 is 0 Å². The monoisotopic (exact) mass is 265 g/mol. The third-order valence-electron chi connectivity index (χ3n) is 2.77. The van der Waals surface area contributed by atoms with Gasteiger partial charge in [-0.25, -0.2) is 0 Å². The number of methoxy groups -OCH3 is 1. The lowest BCUT2D eigenvalue weighted by Crippen LogP contribution is -2.05. The summed E-state index contributed by atoms with van der Waals surface area (Å²) in [6.07, 6.45) is -4.37. The van der Waals surface area contributed by atoms with Gasteiger partial charge in [0, 0.05) is 5.56 Å². The number of benzene rings is 2. The van der Waals surface area contributed by atoms with Crippen molar-refractivity contribution in [2.75, 3.05) is 7.11 Å². The van der Waals surface area contributed by atoms with Gasteiger partial charge in [0.1, 0.15) is 5.75 Å². The molecule has 0 aliphatic heterocycles. The van der Waals surface area contributed by atoms with Crippen LogP contribution in [0.15, 0.2) is 36.4 Å². The Kier molecular flexibility index (Phi) is 3.51. The van der Waals surface area contributed by atoms with Crippen LogP contribution in [0.1, 0.15) is 11.1 Å². The Morgan fingerprint density at radius 1 is 1.11 bits per heavy atom. The Hall–Kier alpha value is -1.97. The number of halogens is 3. The standard InChI is InChI=1S/C15H12F3O/c1-10-4-3-5-11(8-10)13-9-12(15(16,17)18)6-7-14(13)19-2/h3-4,6-9H,1-2H3. The van der Waals surface area contributed by atoms with Gasteiger partial charge in [-0.15, -0.1) is 0 Å². The first-order chi connectivity index (χ1) is 8.91. The van der Waals surface area contributed by atoms with Gasteiger partial charge in [-0.05, 0) is 36.8 Å². The molecule has 0 unspecified atom stereocenters. The summed E-state index contributed by atoms with van der Waals surface area (Å²) in [5, 5.41) is 0. The van der Waals surface area contributed by atoms with E-state index in [2.05, 4.69) is 6.07 Å². The van der Waals surface area contributed by atoms with Gasteiger partial charge in [0.2, 0.25) is 0 Å². The minimum atomic E-state index is -4.37. The molecule has 0 N–H and O–H groups in total.